The molecule has 0 unspecified atom stereocenters. The average molecular weight is 241 g/mol. The van der Waals surface area contributed by atoms with Crippen LogP contribution in [-0.2, 0) is 0 Å². The zero-order valence-electron chi connectivity index (χ0n) is 8.67. The van der Waals surface area contributed by atoms with E-state index in [9.17, 15) is 14.9 Å². The van der Waals surface area contributed by atoms with Crippen LogP contribution in [0, 0.1) is 10.1 Å². The first-order valence-corrected chi connectivity index (χ1v) is 5.63. The monoisotopic (exact) mass is 241 g/mol. The molecule has 0 aromatic carbocycles. The Bertz CT molecular complexity index is 427. The van der Waals surface area contributed by atoms with Gasteiger partial charge in [-0.2, -0.15) is 0 Å². The van der Waals surface area contributed by atoms with Crippen molar-refractivity contribution in [2.24, 2.45) is 0 Å². The predicted molar refractivity (Wildman–Crippen MR) is 59.7 cm³/mol. The molecule has 1 aromatic rings. The maximum absolute atomic E-state index is 11.9. The first-order valence-electron chi connectivity index (χ1n) is 4.81. The van der Waals surface area contributed by atoms with Crippen LogP contribution in [0.5, 0.6) is 0 Å². The summed E-state index contributed by atoms with van der Waals surface area (Å²) >= 11 is 0.919. The van der Waals surface area contributed by atoms with Gasteiger partial charge in [0.25, 0.3) is 5.91 Å². The van der Waals surface area contributed by atoms with E-state index in [4.69, 9.17) is 0 Å². The Kier molecular flexibility index (Phi) is 2.88. The van der Waals surface area contributed by atoms with Crippen molar-refractivity contribution in [1.82, 2.24) is 10.2 Å². The van der Waals surface area contributed by atoms with Crippen molar-refractivity contribution >= 4 is 22.2 Å². The van der Waals surface area contributed by atoms with E-state index in [1.165, 1.54) is 12.1 Å². The molecule has 0 radical (unpaired) electrons. The fourth-order valence-electron chi connectivity index (χ4n) is 1.43. The number of thiophene rings is 1. The van der Waals surface area contributed by atoms with Crippen LogP contribution in [0.2, 0.25) is 0 Å². The SMILES string of the molecule is CN(C(=O)c1ccc([N+](=O)[O-])s1)C1CNC1. The van der Waals surface area contributed by atoms with Crippen LogP contribution < -0.4 is 5.32 Å². The molecular weight excluding hydrogens is 230 g/mol. The first-order chi connectivity index (χ1) is 7.59. The molecule has 16 heavy (non-hydrogen) atoms. The number of amides is 1. The Balaban J connectivity index is 2.10. The highest BCUT2D eigenvalue weighted by Crippen LogP contribution is 2.25. The fraction of sp³-hybridized carbons (Fsp3) is 0.444. The molecule has 1 saturated heterocycles. The minimum atomic E-state index is -0.480. The Morgan fingerprint density at radius 2 is 2.31 bits per heavy atom. The van der Waals surface area contributed by atoms with Crippen LogP contribution in [0.4, 0.5) is 5.00 Å². The van der Waals surface area contributed by atoms with Crippen LogP contribution >= 0.6 is 11.3 Å². The minimum Gasteiger partial charge on any atom is -0.335 e. The summed E-state index contributed by atoms with van der Waals surface area (Å²) in [6.07, 6.45) is 0. The molecule has 1 N–H and O–H groups in total. The summed E-state index contributed by atoms with van der Waals surface area (Å²) in [5.41, 5.74) is 0. The van der Waals surface area contributed by atoms with Gasteiger partial charge in [0, 0.05) is 26.2 Å². The van der Waals surface area contributed by atoms with Crippen molar-refractivity contribution in [1.29, 1.82) is 0 Å². The lowest BCUT2D eigenvalue weighted by Gasteiger charge is -2.35. The van der Waals surface area contributed by atoms with Crippen LogP contribution in [0.25, 0.3) is 0 Å². The van der Waals surface area contributed by atoms with Crippen molar-refractivity contribution in [3.05, 3.63) is 27.1 Å². The molecule has 1 aromatic heterocycles. The van der Waals surface area contributed by atoms with E-state index in [2.05, 4.69) is 5.32 Å². The average Bonchev–Trinajstić information content (AvgIpc) is 2.62. The largest absolute Gasteiger partial charge is 0.335 e. The summed E-state index contributed by atoms with van der Waals surface area (Å²) in [6, 6.07) is 3.08. The van der Waals surface area contributed by atoms with Gasteiger partial charge >= 0.3 is 5.00 Å². The van der Waals surface area contributed by atoms with E-state index in [0.29, 0.717) is 4.88 Å². The second-order valence-electron chi connectivity index (χ2n) is 3.62. The highest BCUT2D eigenvalue weighted by atomic mass is 32.1. The number of carbonyl (C=O) groups is 1. The molecule has 86 valence electrons. The second kappa shape index (κ2) is 4.18. The third-order valence-electron chi connectivity index (χ3n) is 2.61. The second-order valence-corrected chi connectivity index (χ2v) is 4.69. The Hall–Kier alpha value is -1.47. The van der Waals surface area contributed by atoms with Gasteiger partial charge in [-0.05, 0) is 6.07 Å². The number of likely N-dealkylation sites (N-methyl/N-ethyl adjacent to an activating group) is 1. The lowest BCUT2D eigenvalue weighted by atomic mass is 10.1. The number of nitro groups is 1. The highest BCUT2D eigenvalue weighted by Gasteiger charge is 2.27. The molecule has 0 atom stereocenters. The maximum Gasteiger partial charge on any atom is 0.324 e. The van der Waals surface area contributed by atoms with Crippen molar-refractivity contribution < 1.29 is 9.72 Å². The van der Waals surface area contributed by atoms with E-state index in [-0.39, 0.29) is 17.0 Å². The first kappa shape index (κ1) is 11.0. The quantitative estimate of drug-likeness (QED) is 0.624. The molecule has 1 aliphatic heterocycles. The molecular formula is C9H11N3O3S. The van der Waals surface area contributed by atoms with Gasteiger partial charge in [-0.3, -0.25) is 14.9 Å². The van der Waals surface area contributed by atoms with Gasteiger partial charge in [-0.15, -0.1) is 0 Å². The summed E-state index contributed by atoms with van der Waals surface area (Å²) in [7, 11) is 1.72. The maximum atomic E-state index is 11.9. The van der Waals surface area contributed by atoms with Crippen molar-refractivity contribution in [3.63, 3.8) is 0 Å². The molecule has 1 amide bonds. The molecule has 0 bridgehead atoms. The van der Waals surface area contributed by atoms with E-state index >= 15 is 0 Å². The zero-order valence-corrected chi connectivity index (χ0v) is 9.49. The molecule has 0 saturated carbocycles. The summed E-state index contributed by atoms with van der Waals surface area (Å²) in [5, 5.41) is 13.6. The summed E-state index contributed by atoms with van der Waals surface area (Å²) in [4.78, 5) is 24.0. The highest BCUT2D eigenvalue weighted by molar-refractivity contribution is 7.17. The Morgan fingerprint density at radius 3 is 2.75 bits per heavy atom. The number of rotatable bonds is 3. The fourth-order valence-corrected chi connectivity index (χ4v) is 2.23. The number of hydrogen-bond donors (Lipinski definition) is 1. The smallest absolute Gasteiger partial charge is 0.324 e. The third kappa shape index (κ3) is 1.91. The molecule has 0 spiro atoms. The van der Waals surface area contributed by atoms with E-state index in [1.54, 1.807) is 11.9 Å². The van der Waals surface area contributed by atoms with Crippen LogP contribution in [-0.4, -0.2) is 41.9 Å². The lowest BCUT2D eigenvalue weighted by Crippen LogP contribution is -2.57. The summed E-state index contributed by atoms with van der Waals surface area (Å²) < 4.78 is 0. The zero-order chi connectivity index (χ0) is 11.7. The standard InChI is InChI=1S/C9H11N3O3S/c1-11(6-4-10-5-6)9(13)7-2-3-8(16-7)12(14)15/h2-3,6,10H,4-5H2,1H3. The van der Waals surface area contributed by atoms with E-state index < -0.39 is 4.92 Å². The van der Waals surface area contributed by atoms with E-state index in [0.717, 1.165) is 24.4 Å². The van der Waals surface area contributed by atoms with Gasteiger partial charge in [0.05, 0.1) is 15.8 Å². The van der Waals surface area contributed by atoms with E-state index in [1.807, 2.05) is 0 Å². The van der Waals surface area contributed by atoms with Crippen molar-refractivity contribution in [3.8, 4) is 0 Å². The third-order valence-corrected chi connectivity index (χ3v) is 3.64. The van der Waals surface area contributed by atoms with Crippen LogP contribution in [0.15, 0.2) is 12.1 Å². The molecule has 1 aliphatic rings. The Labute approximate surface area is 96.0 Å². The number of carbonyl (C=O) groups excluding carboxylic acids is 1. The van der Waals surface area contributed by atoms with Gasteiger partial charge in [0.15, 0.2) is 0 Å². The number of hydrogen-bond acceptors (Lipinski definition) is 5. The molecule has 1 fully saturated rings. The number of nitrogens with zero attached hydrogens (tertiary/aromatic N) is 2. The lowest BCUT2D eigenvalue weighted by molar-refractivity contribution is -0.380. The minimum absolute atomic E-state index is 0.00323. The Morgan fingerprint density at radius 1 is 1.62 bits per heavy atom. The van der Waals surface area contributed by atoms with Gasteiger partial charge in [0.1, 0.15) is 0 Å². The normalized spacial score (nSPS) is 15.6. The van der Waals surface area contributed by atoms with Crippen LogP contribution in [0.1, 0.15) is 9.67 Å². The molecule has 0 aliphatic carbocycles. The van der Waals surface area contributed by atoms with Crippen molar-refractivity contribution in [2.75, 3.05) is 20.1 Å². The molecule has 2 heterocycles. The summed E-state index contributed by atoms with van der Waals surface area (Å²) in [5.74, 6) is -0.149. The van der Waals surface area contributed by atoms with Gasteiger partial charge < -0.3 is 10.2 Å². The van der Waals surface area contributed by atoms with Crippen LogP contribution in [0.3, 0.4) is 0 Å². The van der Waals surface area contributed by atoms with Crippen molar-refractivity contribution in [2.45, 2.75) is 6.04 Å². The number of nitrogens with one attached hydrogen (secondary N) is 1. The predicted octanol–water partition coefficient (Wildman–Crippen LogP) is 0.700. The summed E-state index contributed by atoms with van der Waals surface area (Å²) in [6.45, 7) is 1.57. The molecule has 2 rings (SSSR count). The topological polar surface area (TPSA) is 75.5 Å². The van der Waals surface area contributed by atoms with Gasteiger partial charge in [0.2, 0.25) is 0 Å². The van der Waals surface area contributed by atoms with Gasteiger partial charge in [-0.25, -0.2) is 0 Å². The molecule has 6 nitrogen and oxygen atoms in total. The van der Waals surface area contributed by atoms with Gasteiger partial charge in [-0.1, -0.05) is 11.3 Å². The molecule has 7 heteroatoms.